The number of methoxy groups -OCH3 is 1. The number of amides is 2. The molecule has 0 aliphatic carbocycles. The minimum absolute atomic E-state index is 0.0469. The Bertz CT molecular complexity index is 1150. The molecular formula is C22H25N3O7S. The van der Waals surface area contributed by atoms with Crippen molar-refractivity contribution in [2.45, 2.75) is 11.3 Å². The largest absolute Gasteiger partial charge is 0.495 e. The van der Waals surface area contributed by atoms with Crippen molar-refractivity contribution in [2.24, 2.45) is 0 Å². The molecule has 11 heteroatoms. The smallest absolute Gasteiger partial charge is 0.246 e. The van der Waals surface area contributed by atoms with Crippen LogP contribution in [0.25, 0.3) is 0 Å². The second-order valence-electron chi connectivity index (χ2n) is 7.48. The molecule has 2 aromatic rings. The Balaban J connectivity index is 1.55. The quantitative estimate of drug-likeness (QED) is 0.673. The minimum Gasteiger partial charge on any atom is -0.495 e. The van der Waals surface area contributed by atoms with E-state index in [2.05, 4.69) is 5.32 Å². The third-order valence-corrected chi connectivity index (χ3v) is 7.29. The Labute approximate surface area is 192 Å². The monoisotopic (exact) mass is 475 g/mol. The summed E-state index contributed by atoms with van der Waals surface area (Å²) in [6.07, 6.45) is 0.145. The first-order valence-corrected chi connectivity index (χ1v) is 11.9. The summed E-state index contributed by atoms with van der Waals surface area (Å²) in [6, 6.07) is 11.4. The van der Waals surface area contributed by atoms with Gasteiger partial charge >= 0.3 is 0 Å². The van der Waals surface area contributed by atoms with Crippen molar-refractivity contribution in [1.29, 1.82) is 0 Å². The molecule has 1 saturated heterocycles. The zero-order valence-electron chi connectivity index (χ0n) is 18.2. The van der Waals surface area contributed by atoms with Crippen molar-refractivity contribution in [3.05, 3.63) is 42.5 Å². The lowest BCUT2D eigenvalue weighted by molar-refractivity contribution is -0.121. The predicted molar refractivity (Wildman–Crippen MR) is 120 cm³/mol. The van der Waals surface area contributed by atoms with Crippen LogP contribution in [-0.2, 0) is 24.3 Å². The zero-order valence-corrected chi connectivity index (χ0v) is 19.0. The third kappa shape index (κ3) is 4.95. The number of fused-ring (bicyclic) bond motifs is 1. The van der Waals surface area contributed by atoms with Crippen LogP contribution >= 0.6 is 0 Å². The van der Waals surface area contributed by atoms with Gasteiger partial charge in [0, 0.05) is 18.8 Å². The van der Waals surface area contributed by atoms with Crippen LogP contribution < -0.4 is 19.7 Å². The van der Waals surface area contributed by atoms with Gasteiger partial charge in [-0.2, -0.15) is 4.31 Å². The molecule has 0 bridgehead atoms. The Morgan fingerprint density at radius 1 is 1.12 bits per heavy atom. The Hall–Kier alpha value is -3.15. The number of sulfonamides is 1. The lowest BCUT2D eigenvalue weighted by atomic mass is 10.2. The number of nitrogens with one attached hydrogen (secondary N) is 1. The Kier molecular flexibility index (Phi) is 6.82. The molecule has 0 unspecified atom stereocenters. The number of hydrogen-bond donors (Lipinski definition) is 1. The number of para-hydroxylation sites is 2. The fourth-order valence-electron chi connectivity index (χ4n) is 3.72. The summed E-state index contributed by atoms with van der Waals surface area (Å²) in [5, 5.41) is 2.69. The Morgan fingerprint density at radius 2 is 1.88 bits per heavy atom. The number of carbonyl (C=O) groups is 2. The number of ether oxygens (including phenoxy) is 3. The topological polar surface area (TPSA) is 114 Å². The van der Waals surface area contributed by atoms with Crippen LogP contribution in [0.15, 0.2) is 47.4 Å². The van der Waals surface area contributed by atoms with Crippen molar-refractivity contribution in [2.75, 3.05) is 56.8 Å². The van der Waals surface area contributed by atoms with Crippen molar-refractivity contribution < 1.29 is 32.2 Å². The molecule has 0 atom stereocenters. The highest BCUT2D eigenvalue weighted by Crippen LogP contribution is 2.32. The molecule has 2 aromatic carbocycles. The van der Waals surface area contributed by atoms with Gasteiger partial charge in [0.05, 0.1) is 39.0 Å². The van der Waals surface area contributed by atoms with Crippen LogP contribution in [0.2, 0.25) is 0 Å². The summed E-state index contributed by atoms with van der Waals surface area (Å²) in [7, 11) is -2.46. The van der Waals surface area contributed by atoms with Gasteiger partial charge in [-0.05, 0) is 30.3 Å². The van der Waals surface area contributed by atoms with E-state index in [0.29, 0.717) is 24.7 Å². The predicted octanol–water partition coefficient (Wildman–Crippen LogP) is 1.47. The van der Waals surface area contributed by atoms with Gasteiger partial charge in [-0.15, -0.1) is 0 Å². The molecule has 1 N–H and O–H groups in total. The van der Waals surface area contributed by atoms with Crippen molar-refractivity contribution in [3.63, 3.8) is 0 Å². The maximum Gasteiger partial charge on any atom is 0.246 e. The van der Waals surface area contributed by atoms with Crippen LogP contribution in [0.5, 0.6) is 11.5 Å². The van der Waals surface area contributed by atoms with Crippen LogP contribution in [0.1, 0.15) is 6.42 Å². The van der Waals surface area contributed by atoms with E-state index in [0.717, 1.165) is 0 Å². The molecule has 176 valence electrons. The van der Waals surface area contributed by atoms with Gasteiger partial charge in [-0.3, -0.25) is 14.5 Å². The third-order valence-electron chi connectivity index (χ3n) is 5.37. The first-order chi connectivity index (χ1) is 15.9. The van der Waals surface area contributed by atoms with Crippen LogP contribution in [-0.4, -0.2) is 71.1 Å². The molecule has 2 aliphatic heterocycles. The summed E-state index contributed by atoms with van der Waals surface area (Å²) >= 11 is 0. The normalized spacial score (nSPS) is 17.0. The SMILES string of the molecule is COc1ccc(NC(=O)CN2C(=O)CCOc3ccccc32)cc1S(=O)(=O)N1CCOCC1. The van der Waals surface area contributed by atoms with E-state index in [-0.39, 0.29) is 54.9 Å². The first-order valence-electron chi connectivity index (χ1n) is 10.5. The summed E-state index contributed by atoms with van der Waals surface area (Å²) in [5.41, 5.74) is 0.792. The molecule has 33 heavy (non-hydrogen) atoms. The molecule has 10 nitrogen and oxygen atoms in total. The van der Waals surface area contributed by atoms with E-state index in [4.69, 9.17) is 14.2 Å². The fraction of sp³-hybridized carbons (Fsp3) is 0.364. The first kappa shape index (κ1) is 23.0. The van der Waals surface area contributed by atoms with Crippen LogP contribution in [0.4, 0.5) is 11.4 Å². The fourth-order valence-corrected chi connectivity index (χ4v) is 5.31. The number of hydrogen-bond acceptors (Lipinski definition) is 7. The lowest BCUT2D eigenvalue weighted by Crippen LogP contribution is -2.40. The standard InChI is InChI=1S/C22H25N3O7S/c1-30-19-7-6-16(14-20(19)33(28,29)24-9-12-31-13-10-24)23-21(26)15-25-17-4-2-3-5-18(17)32-11-8-22(25)27/h2-7,14H,8-13,15H2,1H3,(H,23,26). The number of nitrogens with zero attached hydrogens (tertiary/aromatic N) is 2. The van der Waals surface area contributed by atoms with E-state index >= 15 is 0 Å². The van der Waals surface area contributed by atoms with Crippen molar-refractivity contribution in [1.82, 2.24) is 4.31 Å². The molecule has 0 spiro atoms. The van der Waals surface area contributed by atoms with Crippen molar-refractivity contribution in [3.8, 4) is 11.5 Å². The highest BCUT2D eigenvalue weighted by Gasteiger charge is 2.30. The number of benzene rings is 2. The van der Waals surface area contributed by atoms with E-state index in [1.54, 1.807) is 30.3 Å². The molecule has 1 fully saturated rings. The molecule has 0 saturated carbocycles. The molecule has 4 rings (SSSR count). The van der Waals surface area contributed by atoms with Crippen LogP contribution in [0, 0.1) is 0 Å². The van der Waals surface area contributed by atoms with Gasteiger partial charge in [0.25, 0.3) is 0 Å². The molecule has 0 aromatic heterocycles. The lowest BCUT2D eigenvalue weighted by Gasteiger charge is -2.27. The van der Waals surface area contributed by atoms with E-state index in [1.165, 1.54) is 28.4 Å². The second kappa shape index (κ2) is 9.77. The molecular weight excluding hydrogens is 450 g/mol. The van der Waals surface area contributed by atoms with E-state index in [9.17, 15) is 18.0 Å². The highest BCUT2D eigenvalue weighted by molar-refractivity contribution is 7.89. The maximum absolute atomic E-state index is 13.2. The number of morpholine rings is 1. The number of anilines is 2. The molecule has 2 heterocycles. The number of rotatable bonds is 6. The van der Waals surface area contributed by atoms with Gasteiger partial charge in [0.2, 0.25) is 21.8 Å². The summed E-state index contributed by atoms with van der Waals surface area (Å²) in [6.45, 7) is 1.09. The van der Waals surface area contributed by atoms with Gasteiger partial charge in [-0.25, -0.2) is 8.42 Å². The van der Waals surface area contributed by atoms with Crippen molar-refractivity contribution >= 4 is 33.2 Å². The van der Waals surface area contributed by atoms with Crippen LogP contribution in [0.3, 0.4) is 0 Å². The molecule has 0 radical (unpaired) electrons. The summed E-state index contributed by atoms with van der Waals surface area (Å²) in [5.74, 6) is -0.00638. The average Bonchev–Trinajstić information content (AvgIpc) is 2.98. The highest BCUT2D eigenvalue weighted by atomic mass is 32.2. The second-order valence-corrected chi connectivity index (χ2v) is 9.38. The minimum atomic E-state index is -3.85. The maximum atomic E-state index is 13.2. The van der Waals surface area contributed by atoms with Gasteiger partial charge < -0.3 is 19.5 Å². The number of carbonyl (C=O) groups excluding carboxylic acids is 2. The summed E-state index contributed by atoms with van der Waals surface area (Å²) in [4.78, 5) is 26.7. The average molecular weight is 476 g/mol. The van der Waals surface area contributed by atoms with Gasteiger partial charge in [-0.1, -0.05) is 12.1 Å². The van der Waals surface area contributed by atoms with Gasteiger partial charge in [0.1, 0.15) is 22.9 Å². The molecule has 2 aliphatic rings. The van der Waals surface area contributed by atoms with E-state index < -0.39 is 15.9 Å². The zero-order chi connectivity index (χ0) is 23.4. The summed E-state index contributed by atoms with van der Waals surface area (Å²) < 4.78 is 43.7. The Morgan fingerprint density at radius 3 is 2.64 bits per heavy atom. The van der Waals surface area contributed by atoms with E-state index in [1.807, 2.05) is 0 Å². The molecule has 2 amide bonds. The van der Waals surface area contributed by atoms with Gasteiger partial charge in [0.15, 0.2) is 0 Å².